The van der Waals surface area contributed by atoms with E-state index in [1.165, 1.54) is 18.2 Å². The molecule has 4 aromatic carbocycles. The summed E-state index contributed by atoms with van der Waals surface area (Å²) < 4.78 is 76.6. The lowest BCUT2D eigenvalue weighted by molar-refractivity contribution is 0.103. The van der Waals surface area contributed by atoms with Gasteiger partial charge in [0.15, 0.2) is 28.8 Å². The molecule has 2 N–H and O–H groups in total. The van der Waals surface area contributed by atoms with Gasteiger partial charge in [0.1, 0.15) is 62.7 Å². The molecule has 0 unspecified atom stereocenters. The first-order chi connectivity index (χ1) is 29.7. The summed E-state index contributed by atoms with van der Waals surface area (Å²) in [6, 6.07) is 26.3. The van der Waals surface area contributed by atoms with E-state index in [1.54, 1.807) is 73.2 Å². The molecule has 0 amide bonds. The summed E-state index contributed by atoms with van der Waals surface area (Å²) in [5.74, 6) is -0.134. The van der Waals surface area contributed by atoms with Crippen LogP contribution >= 0.6 is 23.2 Å². The fraction of sp³-hybridized carbons (Fsp3) is 0.152. The maximum absolute atomic E-state index is 14.1. The number of ketones is 1. The van der Waals surface area contributed by atoms with E-state index < -0.39 is 25.0 Å². The molecule has 312 valence electrons. The van der Waals surface area contributed by atoms with Crippen LogP contribution in [0.4, 0.5) is 17.6 Å². The Labute approximate surface area is 357 Å². The van der Waals surface area contributed by atoms with Gasteiger partial charge >= 0.3 is 0 Å². The van der Waals surface area contributed by atoms with Gasteiger partial charge in [-0.25, -0.2) is 27.5 Å². The van der Waals surface area contributed by atoms with Crippen molar-refractivity contribution in [3.8, 4) is 23.0 Å². The van der Waals surface area contributed by atoms with E-state index >= 15 is 0 Å². The molecule has 0 aliphatic carbocycles. The molecule has 0 aliphatic rings. The second kappa shape index (κ2) is 20.1. The van der Waals surface area contributed by atoms with Crippen LogP contribution in [0.5, 0.6) is 23.0 Å². The molecule has 0 saturated heterocycles. The number of alkyl halides is 2. The van der Waals surface area contributed by atoms with Crippen molar-refractivity contribution in [3.63, 3.8) is 0 Å². The fourth-order valence-corrected chi connectivity index (χ4v) is 6.78. The van der Waals surface area contributed by atoms with Crippen LogP contribution in [-0.4, -0.2) is 52.3 Å². The lowest BCUT2D eigenvalue weighted by Crippen LogP contribution is -2.09. The molecule has 0 saturated carbocycles. The van der Waals surface area contributed by atoms with Crippen molar-refractivity contribution in [1.82, 2.24) is 19.9 Å². The molecule has 15 heteroatoms. The number of hydrogen-bond donors (Lipinski definition) is 2. The van der Waals surface area contributed by atoms with Gasteiger partial charge in [0.2, 0.25) is 0 Å². The van der Waals surface area contributed by atoms with E-state index in [4.69, 9.17) is 42.1 Å². The zero-order valence-electron chi connectivity index (χ0n) is 32.2. The number of carbonyl (C=O) groups excluding carboxylic acids is 1. The number of nitrogens with zero attached hydrogens (tertiary/aromatic N) is 2. The number of para-hydroxylation sites is 2. The molecule has 61 heavy (non-hydrogen) atoms. The van der Waals surface area contributed by atoms with Gasteiger partial charge in [-0.05, 0) is 72.3 Å². The summed E-state index contributed by atoms with van der Waals surface area (Å²) in [4.78, 5) is 27.9. The van der Waals surface area contributed by atoms with Crippen molar-refractivity contribution in [3.05, 3.63) is 177 Å². The van der Waals surface area contributed by atoms with Gasteiger partial charge in [0.05, 0.1) is 5.56 Å². The number of benzene rings is 4. The lowest BCUT2D eigenvalue weighted by Gasteiger charge is -2.16. The Morgan fingerprint density at radius 3 is 1.75 bits per heavy atom. The molecule has 9 nitrogen and oxygen atoms in total. The smallest absolute Gasteiger partial charge is 0.199 e. The number of pyridine rings is 2. The van der Waals surface area contributed by atoms with Gasteiger partial charge in [0, 0.05) is 74.3 Å². The average molecular weight is 872 g/mol. The maximum Gasteiger partial charge on any atom is 0.199 e. The first-order valence-corrected chi connectivity index (χ1v) is 19.6. The third kappa shape index (κ3) is 10.2. The number of carbonyl (C=O) groups is 1. The Kier molecular flexibility index (Phi) is 14.0. The van der Waals surface area contributed by atoms with Crippen LogP contribution in [0.2, 0.25) is 10.0 Å². The number of H-pyrrole nitrogens is 2. The van der Waals surface area contributed by atoms with E-state index in [0.717, 1.165) is 22.2 Å². The Balaban J connectivity index is 0.000000184. The number of halogens is 6. The van der Waals surface area contributed by atoms with Crippen LogP contribution in [0.25, 0.3) is 22.1 Å². The first-order valence-electron chi connectivity index (χ1n) is 18.9. The summed E-state index contributed by atoms with van der Waals surface area (Å²) in [5, 5.41) is 2.24. The van der Waals surface area contributed by atoms with E-state index in [2.05, 4.69) is 19.9 Å². The SMILES string of the molecule is FCCOc1c(Cc2c[nH]c3ncccc23)cccc1OCc1ccc(Cl)cc1F.O=C(c1cccc(OCc2ccc(Cl)cc2F)c1OCCF)c1c[nH]c2ncccc12. The normalized spacial score (nSPS) is 11.0. The van der Waals surface area contributed by atoms with E-state index in [9.17, 15) is 22.4 Å². The van der Waals surface area contributed by atoms with Gasteiger partial charge in [-0.1, -0.05) is 53.5 Å². The molecule has 4 aromatic heterocycles. The van der Waals surface area contributed by atoms with Crippen LogP contribution in [0.15, 0.2) is 122 Å². The zero-order chi connectivity index (χ0) is 42.7. The molecule has 8 rings (SSSR count). The quantitative estimate of drug-likeness (QED) is 0.0735. The minimum Gasteiger partial charge on any atom is -0.487 e. The number of fused-ring (bicyclic) bond motifs is 2. The summed E-state index contributed by atoms with van der Waals surface area (Å²) in [5.41, 5.74) is 4.48. The van der Waals surface area contributed by atoms with Crippen molar-refractivity contribution in [2.75, 3.05) is 26.6 Å². The number of aromatic amines is 2. The van der Waals surface area contributed by atoms with Gasteiger partial charge in [-0.3, -0.25) is 4.79 Å². The molecule has 0 bridgehead atoms. The second-order valence-corrected chi connectivity index (χ2v) is 14.2. The molecule has 0 radical (unpaired) electrons. The molecule has 0 fully saturated rings. The summed E-state index contributed by atoms with van der Waals surface area (Å²) in [6.45, 7) is -1.86. The number of rotatable bonds is 16. The fourth-order valence-electron chi connectivity index (χ4n) is 6.46. The minimum absolute atomic E-state index is 0.00452. The number of hydrogen-bond acceptors (Lipinski definition) is 7. The molecular weight excluding hydrogens is 835 g/mol. The average Bonchev–Trinajstić information content (AvgIpc) is 3.89. The lowest BCUT2D eigenvalue weighted by atomic mass is 10.0. The molecule has 4 heterocycles. The third-order valence-corrected chi connectivity index (χ3v) is 9.81. The summed E-state index contributed by atoms with van der Waals surface area (Å²) >= 11 is 11.6. The largest absolute Gasteiger partial charge is 0.487 e. The highest BCUT2D eigenvalue weighted by Gasteiger charge is 2.22. The Morgan fingerprint density at radius 1 is 0.574 bits per heavy atom. The highest BCUT2D eigenvalue weighted by molar-refractivity contribution is 6.30. The van der Waals surface area contributed by atoms with Crippen LogP contribution in [-0.2, 0) is 19.6 Å². The standard InChI is InChI=1S/C23H17ClF2N2O3.C23H19ClF2N2O2/c24-15-7-6-14(19(26)11-15)13-31-20-5-1-3-17(22(20)30-10-8-25)21(29)18-12-28-23-16(18)4-2-9-27-23;24-18-7-6-16(20(26)12-18)14-30-21-5-1-3-15(22(21)29-10-8-25)11-17-13-28-23-19(17)4-2-9-27-23/h1-7,9,11-12H,8,10,13H2,(H,27,28);1-7,9,12-13H,8,10-11,14H2,(H,27,28). The van der Waals surface area contributed by atoms with Gasteiger partial charge < -0.3 is 28.9 Å². The van der Waals surface area contributed by atoms with E-state index in [0.29, 0.717) is 45.1 Å². The van der Waals surface area contributed by atoms with Crippen LogP contribution < -0.4 is 18.9 Å². The highest BCUT2D eigenvalue weighted by Crippen LogP contribution is 2.36. The molecule has 0 spiro atoms. The Hall–Kier alpha value is -6.57. The molecule has 0 atom stereocenters. The molecular formula is C46H36Cl2F4N4O5. The van der Waals surface area contributed by atoms with E-state index in [-0.39, 0.29) is 59.9 Å². The van der Waals surface area contributed by atoms with Crippen LogP contribution in [0.1, 0.15) is 38.2 Å². The summed E-state index contributed by atoms with van der Waals surface area (Å²) in [6.07, 6.45) is 7.35. The molecule has 0 aliphatic heterocycles. The predicted octanol–water partition coefficient (Wildman–Crippen LogP) is 11.4. The van der Waals surface area contributed by atoms with E-state index in [1.807, 2.05) is 30.5 Å². The third-order valence-electron chi connectivity index (χ3n) is 9.34. The van der Waals surface area contributed by atoms with Crippen molar-refractivity contribution in [2.45, 2.75) is 19.6 Å². The first kappa shape index (κ1) is 42.6. The molecule has 8 aromatic rings. The van der Waals surface area contributed by atoms with Crippen LogP contribution in [0.3, 0.4) is 0 Å². The topological polar surface area (TPSA) is 111 Å². The van der Waals surface area contributed by atoms with Gasteiger partial charge in [0.25, 0.3) is 0 Å². The minimum atomic E-state index is -0.745. The highest BCUT2D eigenvalue weighted by atomic mass is 35.5. The maximum atomic E-state index is 14.1. The number of nitrogens with one attached hydrogen (secondary N) is 2. The predicted molar refractivity (Wildman–Crippen MR) is 226 cm³/mol. The Bertz CT molecular complexity index is 2780. The van der Waals surface area contributed by atoms with Crippen LogP contribution in [0, 0.1) is 11.6 Å². The van der Waals surface area contributed by atoms with Gasteiger partial charge in [-0.15, -0.1) is 0 Å². The summed E-state index contributed by atoms with van der Waals surface area (Å²) in [7, 11) is 0. The number of aromatic nitrogens is 4. The van der Waals surface area contributed by atoms with Gasteiger partial charge in [-0.2, -0.15) is 0 Å². The van der Waals surface area contributed by atoms with Crippen molar-refractivity contribution in [1.29, 1.82) is 0 Å². The second-order valence-electron chi connectivity index (χ2n) is 13.3. The zero-order valence-corrected chi connectivity index (χ0v) is 33.7. The number of ether oxygens (including phenoxy) is 4. The van der Waals surface area contributed by atoms with Crippen molar-refractivity contribution in [2.24, 2.45) is 0 Å². The Morgan fingerprint density at radius 2 is 1.13 bits per heavy atom. The van der Waals surface area contributed by atoms with Crippen molar-refractivity contribution >= 4 is 51.1 Å². The van der Waals surface area contributed by atoms with Crippen molar-refractivity contribution < 1.29 is 41.3 Å². The monoisotopic (exact) mass is 870 g/mol.